The van der Waals surface area contributed by atoms with Crippen LogP contribution in [0.25, 0.3) is 0 Å². The highest BCUT2D eigenvalue weighted by molar-refractivity contribution is 5.85. The number of nitrogens with one attached hydrogen (secondary N) is 1. The van der Waals surface area contributed by atoms with Gasteiger partial charge in [-0.3, -0.25) is 4.79 Å². The Hall–Kier alpha value is -2.08. The summed E-state index contributed by atoms with van der Waals surface area (Å²) in [6.07, 6.45) is 5.20. The van der Waals surface area contributed by atoms with Gasteiger partial charge in [-0.25, -0.2) is 0 Å². The van der Waals surface area contributed by atoms with Crippen molar-refractivity contribution < 1.29 is 14.6 Å². The third-order valence-corrected chi connectivity index (χ3v) is 5.87. The van der Waals surface area contributed by atoms with Crippen molar-refractivity contribution in [3.63, 3.8) is 0 Å². The van der Waals surface area contributed by atoms with Gasteiger partial charge in [0.15, 0.2) is 0 Å². The third-order valence-electron chi connectivity index (χ3n) is 5.87. The van der Waals surface area contributed by atoms with Gasteiger partial charge < -0.3 is 20.9 Å². The van der Waals surface area contributed by atoms with Gasteiger partial charge in [0.2, 0.25) is 5.91 Å². The summed E-state index contributed by atoms with van der Waals surface area (Å²) < 4.78 is 5.82. The molecular weight excluding hydrogens is 400 g/mol. The number of hydrogen-bond acceptors (Lipinski definition) is 4. The molecule has 3 rings (SSSR count). The summed E-state index contributed by atoms with van der Waals surface area (Å²) >= 11 is 0. The lowest BCUT2D eigenvalue weighted by Gasteiger charge is -2.35. The Morgan fingerprint density at radius 1 is 1.10 bits per heavy atom. The molecule has 2 aromatic rings. The molecular formula is C24H33ClN2O3. The Labute approximate surface area is 185 Å². The maximum Gasteiger partial charge on any atom is 0.220 e. The van der Waals surface area contributed by atoms with E-state index < -0.39 is 6.10 Å². The molecule has 0 radical (unpaired) electrons. The van der Waals surface area contributed by atoms with Gasteiger partial charge in [0.1, 0.15) is 12.4 Å². The summed E-state index contributed by atoms with van der Waals surface area (Å²) in [4.78, 5) is 12.4. The first-order chi connectivity index (χ1) is 14.1. The minimum absolute atomic E-state index is 0. The first-order valence-electron chi connectivity index (χ1n) is 10.5. The number of aliphatic hydroxyl groups excluding tert-OH is 1. The molecule has 1 aliphatic carbocycles. The van der Waals surface area contributed by atoms with Crippen LogP contribution in [-0.4, -0.2) is 24.1 Å². The molecule has 0 saturated heterocycles. The predicted octanol–water partition coefficient (Wildman–Crippen LogP) is 4.14. The van der Waals surface area contributed by atoms with Crippen molar-refractivity contribution in [3.8, 4) is 5.75 Å². The highest BCUT2D eigenvalue weighted by Crippen LogP contribution is 2.38. The molecule has 0 heterocycles. The fraction of sp³-hybridized carbons (Fsp3) is 0.458. The average Bonchev–Trinajstić information content (AvgIpc) is 2.77. The van der Waals surface area contributed by atoms with Crippen molar-refractivity contribution in [1.82, 2.24) is 5.32 Å². The quantitative estimate of drug-likeness (QED) is 0.556. The average molecular weight is 433 g/mol. The maximum absolute atomic E-state index is 12.4. The van der Waals surface area contributed by atoms with E-state index >= 15 is 0 Å². The molecule has 2 aromatic carbocycles. The second-order valence-electron chi connectivity index (χ2n) is 8.11. The van der Waals surface area contributed by atoms with E-state index in [-0.39, 0.29) is 30.3 Å². The van der Waals surface area contributed by atoms with Gasteiger partial charge in [-0.2, -0.15) is 0 Å². The number of hydrogen-bond donors (Lipinski definition) is 3. The topological polar surface area (TPSA) is 84.6 Å². The zero-order valence-corrected chi connectivity index (χ0v) is 18.2. The molecule has 0 bridgehead atoms. The van der Waals surface area contributed by atoms with Crippen LogP contribution >= 0.6 is 12.4 Å². The van der Waals surface area contributed by atoms with Crippen LogP contribution in [0, 0.1) is 5.41 Å². The van der Waals surface area contributed by atoms with Crippen LogP contribution < -0.4 is 15.8 Å². The lowest BCUT2D eigenvalue weighted by molar-refractivity contribution is -0.124. The number of halogens is 1. The fourth-order valence-electron chi connectivity index (χ4n) is 4.04. The number of amides is 1. The summed E-state index contributed by atoms with van der Waals surface area (Å²) in [6, 6.07) is 17.3. The first-order valence-corrected chi connectivity index (χ1v) is 10.5. The summed E-state index contributed by atoms with van der Waals surface area (Å²) in [5.41, 5.74) is 7.72. The van der Waals surface area contributed by atoms with Crippen molar-refractivity contribution >= 4 is 18.3 Å². The molecule has 1 unspecified atom stereocenters. The normalized spacial score (nSPS) is 16.2. The molecule has 6 heteroatoms. The number of aliphatic hydroxyl groups is 1. The molecule has 0 aromatic heterocycles. The van der Waals surface area contributed by atoms with E-state index in [1.54, 1.807) is 0 Å². The van der Waals surface area contributed by atoms with E-state index in [1.807, 2.05) is 54.6 Å². The van der Waals surface area contributed by atoms with Gasteiger partial charge in [-0.15, -0.1) is 12.4 Å². The Morgan fingerprint density at radius 2 is 1.83 bits per heavy atom. The Morgan fingerprint density at radius 3 is 2.53 bits per heavy atom. The summed E-state index contributed by atoms with van der Waals surface area (Å²) in [5, 5.41) is 13.4. The second-order valence-corrected chi connectivity index (χ2v) is 8.11. The molecule has 1 atom stereocenters. The zero-order valence-electron chi connectivity index (χ0n) is 17.4. The summed E-state index contributed by atoms with van der Waals surface area (Å²) in [7, 11) is 0. The monoisotopic (exact) mass is 432 g/mol. The van der Waals surface area contributed by atoms with E-state index in [0.29, 0.717) is 25.3 Å². The highest BCUT2D eigenvalue weighted by Gasteiger charge is 2.33. The molecule has 1 aliphatic rings. The van der Waals surface area contributed by atoms with E-state index in [2.05, 4.69) is 5.32 Å². The van der Waals surface area contributed by atoms with Crippen molar-refractivity contribution in [2.24, 2.45) is 11.1 Å². The number of rotatable bonds is 9. The van der Waals surface area contributed by atoms with Crippen LogP contribution in [0.3, 0.4) is 0 Å². The van der Waals surface area contributed by atoms with Gasteiger partial charge in [0, 0.05) is 13.0 Å². The van der Waals surface area contributed by atoms with Crippen molar-refractivity contribution in [2.45, 2.75) is 51.2 Å². The smallest absolute Gasteiger partial charge is 0.220 e. The molecule has 1 amide bonds. The number of benzene rings is 2. The molecule has 0 aliphatic heterocycles. The van der Waals surface area contributed by atoms with E-state index in [9.17, 15) is 9.90 Å². The number of ether oxygens (including phenoxy) is 1. The second kappa shape index (κ2) is 11.9. The fourth-order valence-corrected chi connectivity index (χ4v) is 4.04. The first kappa shape index (κ1) is 24.2. The van der Waals surface area contributed by atoms with Crippen LogP contribution in [0.1, 0.15) is 55.8 Å². The van der Waals surface area contributed by atoms with Gasteiger partial charge in [0.25, 0.3) is 0 Å². The van der Waals surface area contributed by atoms with Gasteiger partial charge in [-0.05, 0) is 48.1 Å². The number of carbonyl (C=O) groups is 1. The minimum atomic E-state index is -0.778. The molecule has 4 N–H and O–H groups in total. The van der Waals surface area contributed by atoms with Crippen molar-refractivity contribution in [3.05, 3.63) is 65.7 Å². The summed E-state index contributed by atoms with van der Waals surface area (Å²) in [5.74, 6) is 0.661. The van der Waals surface area contributed by atoms with Gasteiger partial charge >= 0.3 is 0 Å². The lowest BCUT2D eigenvalue weighted by Crippen LogP contribution is -2.39. The van der Waals surface area contributed by atoms with E-state index in [0.717, 1.165) is 36.8 Å². The molecule has 164 valence electrons. The predicted molar refractivity (Wildman–Crippen MR) is 122 cm³/mol. The molecule has 30 heavy (non-hydrogen) atoms. The molecule has 1 fully saturated rings. The zero-order chi connectivity index (χ0) is 20.5. The number of carbonyl (C=O) groups excluding carboxylic acids is 1. The van der Waals surface area contributed by atoms with Crippen LogP contribution in [0.2, 0.25) is 0 Å². The van der Waals surface area contributed by atoms with Crippen LogP contribution in [0.15, 0.2) is 54.6 Å². The van der Waals surface area contributed by atoms with Crippen molar-refractivity contribution in [2.75, 3.05) is 13.1 Å². The maximum atomic E-state index is 12.4. The Bertz CT molecular complexity index is 779. The summed E-state index contributed by atoms with van der Waals surface area (Å²) in [6.45, 7) is 1.20. The van der Waals surface area contributed by atoms with Gasteiger partial charge in [-0.1, -0.05) is 61.7 Å². The standard InChI is InChI=1S/C24H32N2O3.ClH/c25-18-24(12-5-2-6-13-24)15-23(28)26-16-22(27)20-10-7-11-21(14-20)29-17-19-8-3-1-4-9-19;/h1,3-4,7-11,14,22,27H,2,5-6,12-13,15-18,25H2,(H,26,28);1H. The Balaban J connectivity index is 0.00000320. The highest BCUT2D eigenvalue weighted by atomic mass is 35.5. The van der Waals surface area contributed by atoms with E-state index in [1.165, 1.54) is 6.42 Å². The molecule has 5 nitrogen and oxygen atoms in total. The van der Waals surface area contributed by atoms with Crippen LogP contribution in [0.5, 0.6) is 5.75 Å². The van der Waals surface area contributed by atoms with Crippen LogP contribution in [0.4, 0.5) is 0 Å². The SMILES string of the molecule is Cl.NCC1(CC(=O)NCC(O)c2cccc(OCc3ccccc3)c2)CCCCC1. The number of nitrogens with two attached hydrogens (primary N) is 1. The largest absolute Gasteiger partial charge is 0.489 e. The molecule has 0 spiro atoms. The van der Waals surface area contributed by atoms with Crippen LogP contribution in [-0.2, 0) is 11.4 Å². The van der Waals surface area contributed by atoms with Gasteiger partial charge in [0.05, 0.1) is 6.10 Å². The lowest BCUT2D eigenvalue weighted by atomic mass is 9.71. The van der Waals surface area contributed by atoms with Crippen molar-refractivity contribution in [1.29, 1.82) is 0 Å². The minimum Gasteiger partial charge on any atom is -0.489 e. The molecule has 1 saturated carbocycles. The van der Waals surface area contributed by atoms with E-state index in [4.69, 9.17) is 10.5 Å². The third kappa shape index (κ3) is 7.01. The Kier molecular flexibility index (Phi) is 9.63.